The number of ether oxygens (including phenoxy) is 1. The van der Waals surface area contributed by atoms with E-state index >= 15 is 0 Å². The number of aromatic nitrogens is 2. The number of carbonyl (C=O) groups is 1. The summed E-state index contributed by atoms with van der Waals surface area (Å²) in [5, 5.41) is 12.9. The minimum Gasteiger partial charge on any atom is -0.598 e. The molecule has 1 aromatic heterocycles. The summed E-state index contributed by atoms with van der Waals surface area (Å²) in [6.45, 7) is 8.89. The molecular weight excluding hydrogens is 562 g/mol. The Hall–Kier alpha value is -3.62. The maximum atomic E-state index is 13.2. The van der Waals surface area contributed by atoms with E-state index in [1.54, 1.807) is 30.5 Å². The summed E-state index contributed by atoms with van der Waals surface area (Å²) in [5.41, 5.74) is 4.19. The van der Waals surface area contributed by atoms with Crippen molar-refractivity contribution in [1.82, 2.24) is 14.7 Å². The van der Waals surface area contributed by atoms with Crippen molar-refractivity contribution in [2.45, 2.75) is 64.4 Å². The number of hydrogen-bond acceptors (Lipinski definition) is 8. The average Bonchev–Trinajstić information content (AvgIpc) is 3.28. The molecule has 2 aliphatic rings. The molecule has 5 rings (SSSR count). The van der Waals surface area contributed by atoms with Gasteiger partial charge in [-0.3, -0.25) is 4.79 Å². The van der Waals surface area contributed by atoms with E-state index in [1.807, 2.05) is 20.8 Å². The largest absolute Gasteiger partial charge is 0.598 e. The smallest absolute Gasteiger partial charge is 0.221 e. The molecule has 2 unspecified atom stereocenters. The van der Waals surface area contributed by atoms with Crippen molar-refractivity contribution in [2.75, 3.05) is 29.9 Å². The van der Waals surface area contributed by atoms with Gasteiger partial charge in [0.05, 0.1) is 18.8 Å². The standard InChI is InChI=1S/C33H39N5O4S/c1-23(40)35-25-11-13-27(14-12-25)42-19-7-9-26-21-34-31(29(22-39)36-26)38-17-15-33(16-18-38)20-24-8-5-6-10-28(24)30(33)37-43(41)32(2,3)4/h5-6,8,10-14,21,30,37,39H,15-20,22H2,1-4H3,(H,35,40). The highest BCUT2D eigenvalue weighted by atomic mass is 32.2. The van der Waals surface area contributed by atoms with E-state index in [1.165, 1.54) is 18.1 Å². The lowest BCUT2D eigenvalue weighted by atomic mass is 9.73. The first-order valence-corrected chi connectivity index (χ1v) is 15.7. The average molecular weight is 602 g/mol. The normalized spacial score (nSPS) is 18.0. The highest BCUT2D eigenvalue weighted by Crippen LogP contribution is 2.53. The van der Waals surface area contributed by atoms with Crippen LogP contribution in [0.5, 0.6) is 5.75 Å². The third kappa shape index (κ3) is 7.13. The quantitative estimate of drug-likeness (QED) is 0.271. The van der Waals surface area contributed by atoms with Crippen LogP contribution in [0.25, 0.3) is 0 Å². The SMILES string of the molecule is CC(=O)Nc1ccc(OCC#Cc2cnc(N3CCC4(CC3)Cc3ccccc3C4N[S+]([O-])C(C)(C)C)c(CO)n2)cc1. The Morgan fingerprint density at radius 2 is 1.91 bits per heavy atom. The summed E-state index contributed by atoms with van der Waals surface area (Å²) in [5.74, 6) is 7.10. The van der Waals surface area contributed by atoms with Crippen molar-refractivity contribution in [2.24, 2.45) is 5.41 Å². The van der Waals surface area contributed by atoms with E-state index in [-0.39, 0.29) is 35.3 Å². The Labute approximate surface area is 256 Å². The fourth-order valence-electron chi connectivity index (χ4n) is 5.82. The molecular formula is C33H39N5O4S. The second-order valence-electron chi connectivity index (χ2n) is 12.1. The van der Waals surface area contributed by atoms with Crippen LogP contribution in [0.1, 0.15) is 69.1 Å². The van der Waals surface area contributed by atoms with Crippen LogP contribution in [-0.4, -0.2) is 50.0 Å². The van der Waals surface area contributed by atoms with Crippen LogP contribution in [0.15, 0.2) is 54.7 Å². The molecule has 2 aromatic carbocycles. The van der Waals surface area contributed by atoms with Crippen molar-refractivity contribution in [1.29, 1.82) is 0 Å². The first-order valence-electron chi connectivity index (χ1n) is 14.5. The van der Waals surface area contributed by atoms with Crippen molar-refractivity contribution >= 4 is 28.8 Å². The van der Waals surface area contributed by atoms with E-state index in [2.05, 4.69) is 61.0 Å². The molecule has 10 heteroatoms. The second-order valence-corrected chi connectivity index (χ2v) is 14.1. The third-order valence-corrected chi connectivity index (χ3v) is 9.60. The number of aliphatic hydroxyl groups is 1. The first-order chi connectivity index (χ1) is 20.6. The monoisotopic (exact) mass is 601 g/mol. The van der Waals surface area contributed by atoms with Gasteiger partial charge in [0.2, 0.25) is 5.91 Å². The Morgan fingerprint density at radius 3 is 2.58 bits per heavy atom. The molecule has 3 N–H and O–H groups in total. The maximum Gasteiger partial charge on any atom is 0.221 e. The fourth-order valence-corrected chi connectivity index (χ4v) is 6.77. The molecule has 1 aliphatic carbocycles. The Bertz CT molecular complexity index is 1500. The van der Waals surface area contributed by atoms with Crippen molar-refractivity contribution < 1.29 is 19.2 Å². The number of piperidine rings is 1. The first kappa shape index (κ1) is 30.8. The van der Waals surface area contributed by atoms with Crippen LogP contribution in [0.3, 0.4) is 0 Å². The lowest BCUT2D eigenvalue weighted by Gasteiger charge is -2.44. The van der Waals surface area contributed by atoms with Gasteiger partial charge in [-0.05, 0) is 81.3 Å². The van der Waals surface area contributed by atoms with E-state index in [0.29, 0.717) is 28.6 Å². The molecule has 1 amide bonds. The summed E-state index contributed by atoms with van der Waals surface area (Å²) >= 11 is -1.19. The lowest BCUT2D eigenvalue weighted by Crippen LogP contribution is -2.50. The summed E-state index contributed by atoms with van der Waals surface area (Å²) in [6, 6.07) is 15.6. The van der Waals surface area contributed by atoms with Gasteiger partial charge >= 0.3 is 0 Å². The number of rotatable bonds is 7. The highest BCUT2D eigenvalue weighted by Gasteiger charge is 2.50. The van der Waals surface area contributed by atoms with Crippen LogP contribution < -0.4 is 19.7 Å². The molecule has 1 spiro atoms. The number of nitrogens with one attached hydrogen (secondary N) is 2. The number of anilines is 2. The fraction of sp³-hybridized carbons (Fsp3) is 0.424. The topological polar surface area (TPSA) is 123 Å². The predicted octanol–water partition coefficient (Wildman–Crippen LogP) is 4.29. The lowest BCUT2D eigenvalue weighted by molar-refractivity contribution is -0.114. The Balaban J connectivity index is 1.23. The third-order valence-electron chi connectivity index (χ3n) is 8.04. The number of nitrogens with zero attached hydrogens (tertiary/aromatic N) is 3. The highest BCUT2D eigenvalue weighted by molar-refractivity contribution is 7.90. The minimum absolute atomic E-state index is 0.0179. The number of amides is 1. The van der Waals surface area contributed by atoms with E-state index < -0.39 is 11.4 Å². The van der Waals surface area contributed by atoms with Crippen LogP contribution in [0.2, 0.25) is 0 Å². The van der Waals surface area contributed by atoms with E-state index in [0.717, 1.165) is 32.4 Å². The second kappa shape index (κ2) is 12.9. The van der Waals surface area contributed by atoms with Crippen molar-refractivity contribution in [3.8, 4) is 17.6 Å². The number of aliphatic hydroxyl groups excluding tert-OH is 1. The minimum atomic E-state index is -1.19. The zero-order valence-electron chi connectivity index (χ0n) is 25.1. The number of hydrogen-bond donors (Lipinski definition) is 3. The van der Waals surface area contributed by atoms with Gasteiger partial charge in [0.15, 0.2) is 5.82 Å². The van der Waals surface area contributed by atoms with Gasteiger partial charge in [0.1, 0.15) is 28.5 Å². The molecule has 2 atom stereocenters. The molecule has 3 aromatic rings. The predicted molar refractivity (Wildman–Crippen MR) is 169 cm³/mol. The Morgan fingerprint density at radius 1 is 1.19 bits per heavy atom. The summed E-state index contributed by atoms with van der Waals surface area (Å²) in [6.07, 6.45) is 4.39. The van der Waals surface area contributed by atoms with Crippen LogP contribution >= 0.6 is 0 Å². The molecule has 9 nitrogen and oxygen atoms in total. The van der Waals surface area contributed by atoms with E-state index in [9.17, 15) is 14.5 Å². The zero-order chi connectivity index (χ0) is 30.6. The van der Waals surface area contributed by atoms with Gasteiger partial charge in [-0.2, -0.15) is 0 Å². The van der Waals surface area contributed by atoms with Gasteiger partial charge in [-0.25, -0.2) is 9.97 Å². The summed E-state index contributed by atoms with van der Waals surface area (Å²) in [7, 11) is 0. The van der Waals surface area contributed by atoms with Gasteiger partial charge in [0, 0.05) is 42.5 Å². The van der Waals surface area contributed by atoms with E-state index in [4.69, 9.17) is 4.74 Å². The van der Waals surface area contributed by atoms with Gasteiger partial charge in [0.25, 0.3) is 0 Å². The molecule has 0 bridgehead atoms. The zero-order valence-corrected chi connectivity index (χ0v) is 26.0. The van der Waals surface area contributed by atoms with Crippen molar-refractivity contribution in [3.05, 3.63) is 77.2 Å². The molecule has 0 saturated carbocycles. The molecule has 1 aliphatic heterocycles. The molecule has 226 valence electrons. The van der Waals surface area contributed by atoms with Crippen LogP contribution in [0, 0.1) is 17.3 Å². The van der Waals surface area contributed by atoms with Crippen LogP contribution in [0.4, 0.5) is 11.5 Å². The number of benzene rings is 2. The molecule has 43 heavy (non-hydrogen) atoms. The van der Waals surface area contributed by atoms with Gasteiger partial charge in [-0.1, -0.05) is 30.2 Å². The molecule has 0 radical (unpaired) electrons. The van der Waals surface area contributed by atoms with Gasteiger partial charge < -0.3 is 24.6 Å². The van der Waals surface area contributed by atoms with Gasteiger partial charge in [-0.15, -0.1) is 4.72 Å². The molecule has 2 heterocycles. The molecule has 1 saturated heterocycles. The summed E-state index contributed by atoms with van der Waals surface area (Å²) < 4.78 is 22.0. The number of carbonyl (C=O) groups excluding carboxylic acids is 1. The maximum absolute atomic E-state index is 13.2. The summed E-state index contributed by atoms with van der Waals surface area (Å²) in [4.78, 5) is 22.6. The number of fused-ring (bicyclic) bond motifs is 1. The van der Waals surface area contributed by atoms with Crippen LogP contribution in [-0.2, 0) is 29.2 Å². The Kier molecular flexibility index (Phi) is 9.28. The van der Waals surface area contributed by atoms with Crippen molar-refractivity contribution in [3.63, 3.8) is 0 Å². The molecule has 1 fully saturated rings.